The maximum absolute atomic E-state index is 6.12. The van der Waals surface area contributed by atoms with E-state index in [2.05, 4.69) is 39.6 Å². The van der Waals surface area contributed by atoms with Gasteiger partial charge in [-0.05, 0) is 44.6 Å². The zero-order chi connectivity index (χ0) is 18.8. The zero-order valence-electron chi connectivity index (χ0n) is 15.6. The van der Waals surface area contributed by atoms with Gasteiger partial charge in [0.05, 0.1) is 7.11 Å². The van der Waals surface area contributed by atoms with Crippen LogP contribution in [0.25, 0.3) is 22.0 Å². The van der Waals surface area contributed by atoms with Crippen LogP contribution in [0.3, 0.4) is 0 Å². The quantitative estimate of drug-likeness (QED) is 0.721. The van der Waals surface area contributed by atoms with E-state index in [1.54, 1.807) is 13.2 Å². The first kappa shape index (κ1) is 18.0. The summed E-state index contributed by atoms with van der Waals surface area (Å²) in [5, 5.41) is 15.4. The molecule has 1 aliphatic rings. The molecule has 1 atom stereocenters. The largest absolute Gasteiger partial charge is 0.496 e. The van der Waals surface area contributed by atoms with E-state index in [0.29, 0.717) is 16.8 Å². The fourth-order valence-electron chi connectivity index (χ4n) is 3.75. The lowest BCUT2D eigenvalue weighted by Gasteiger charge is -2.30. The average Bonchev–Trinajstić information content (AvgIpc) is 2.68. The normalized spacial score (nSPS) is 17.8. The average molecular weight is 383 g/mol. The molecule has 1 aliphatic heterocycles. The molecule has 27 heavy (non-hydrogen) atoms. The molecule has 1 aromatic heterocycles. The van der Waals surface area contributed by atoms with Crippen molar-refractivity contribution in [3.05, 3.63) is 47.5 Å². The van der Waals surface area contributed by atoms with E-state index in [1.165, 1.54) is 6.42 Å². The SMILES string of the molecule is COc1cc(Cl)ccc1-c1nnc(NC2CCCN(C)C2)c2ccccc12. The Labute approximate surface area is 164 Å². The van der Waals surface area contributed by atoms with Gasteiger partial charge in [0.2, 0.25) is 0 Å². The van der Waals surface area contributed by atoms with E-state index in [9.17, 15) is 0 Å². The Bertz CT molecular complexity index is 962. The third-order valence-electron chi connectivity index (χ3n) is 5.07. The molecule has 2 heterocycles. The summed E-state index contributed by atoms with van der Waals surface area (Å²) in [5.74, 6) is 1.53. The number of rotatable bonds is 4. The van der Waals surface area contributed by atoms with Crippen molar-refractivity contribution in [2.24, 2.45) is 0 Å². The molecule has 1 N–H and O–H groups in total. The Morgan fingerprint density at radius 2 is 1.96 bits per heavy atom. The number of benzene rings is 2. The molecule has 0 amide bonds. The Morgan fingerprint density at radius 1 is 1.15 bits per heavy atom. The van der Waals surface area contributed by atoms with Gasteiger partial charge in [-0.2, -0.15) is 0 Å². The van der Waals surface area contributed by atoms with Gasteiger partial charge in [-0.3, -0.25) is 0 Å². The number of ether oxygens (including phenoxy) is 1. The van der Waals surface area contributed by atoms with Gasteiger partial charge in [0.1, 0.15) is 11.4 Å². The van der Waals surface area contributed by atoms with Gasteiger partial charge >= 0.3 is 0 Å². The van der Waals surface area contributed by atoms with Crippen molar-refractivity contribution in [2.75, 3.05) is 32.6 Å². The van der Waals surface area contributed by atoms with Crippen molar-refractivity contribution in [2.45, 2.75) is 18.9 Å². The number of nitrogens with zero attached hydrogens (tertiary/aromatic N) is 3. The molecule has 4 rings (SSSR count). The molecular formula is C21H23ClN4O. The Kier molecular flexibility index (Phi) is 5.14. The van der Waals surface area contributed by atoms with Gasteiger partial charge in [0, 0.05) is 33.9 Å². The monoisotopic (exact) mass is 382 g/mol. The third kappa shape index (κ3) is 3.70. The standard InChI is InChI=1S/C21H23ClN4O/c1-26-11-5-6-15(13-26)23-21-17-8-4-3-7-16(17)20(24-25-21)18-10-9-14(22)12-19(18)27-2/h3-4,7-10,12,15H,5-6,11,13H2,1-2H3,(H,23,25). The number of hydrogen-bond acceptors (Lipinski definition) is 5. The highest BCUT2D eigenvalue weighted by atomic mass is 35.5. The van der Waals surface area contributed by atoms with Gasteiger partial charge in [-0.1, -0.05) is 35.9 Å². The van der Waals surface area contributed by atoms with E-state index in [0.717, 1.165) is 47.4 Å². The van der Waals surface area contributed by atoms with E-state index < -0.39 is 0 Å². The molecule has 140 valence electrons. The Hall–Kier alpha value is -2.37. The molecule has 5 nitrogen and oxygen atoms in total. The van der Waals surface area contributed by atoms with Gasteiger partial charge in [-0.15, -0.1) is 10.2 Å². The molecule has 2 aromatic carbocycles. The predicted octanol–water partition coefficient (Wildman–Crippen LogP) is 4.46. The van der Waals surface area contributed by atoms with Gasteiger partial charge in [0.25, 0.3) is 0 Å². The van der Waals surface area contributed by atoms with E-state index >= 15 is 0 Å². The van der Waals surface area contributed by atoms with Crippen molar-refractivity contribution >= 4 is 28.2 Å². The number of halogens is 1. The number of fused-ring (bicyclic) bond motifs is 1. The van der Waals surface area contributed by atoms with Crippen LogP contribution < -0.4 is 10.1 Å². The van der Waals surface area contributed by atoms with Crippen molar-refractivity contribution in [3.63, 3.8) is 0 Å². The summed E-state index contributed by atoms with van der Waals surface area (Å²) < 4.78 is 5.52. The highest BCUT2D eigenvalue weighted by Crippen LogP contribution is 2.36. The molecule has 0 spiro atoms. The molecule has 0 radical (unpaired) electrons. The summed E-state index contributed by atoms with van der Waals surface area (Å²) >= 11 is 6.12. The minimum absolute atomic E-state index is 0.386. The first-order valence-corrected chi connectivity index (χ1v) is 9.58. The lowest BCUT2D eigenvalue weighted by atomic mass is 10.0. The van der Waals surface area contributed by atoms with Gasteiger partial charge < -0.3 is 15.0 Å². The van der Waals surface area contributed by atoms with Crippen molar-refractivity contribution < 1.29 is 4.74 Å². The topological polar surface area (TPSA) is 50.3 Å². The first-order chi connectivity index (χ1) is 13.2. The van der Waals surface area contributed by atoms with Crippen LogP contribution in [0.2, 0.25) is 5.02 Å². The number of anilines is 1. The van der Waals surface area contributed by atoms with E-state index in [4.69, 9.17) is 16.3 Å². The molecule has 1 saturated heterocycles. The van der Waals surface area contributed by atoms with Crippen LogP contribution in [0.15, 0.2) is 42.5 Å². The summed E-state index contributed by atoms with van der Waals surface area (Å²) in [7, 11) is 3.80. The van der Waals surface area contributed by atoms with Crippen LogP contribution in [-0.4, -0.2) is 48.4 Å². The second kappa shape index (κ2) is 7.71. The van der Waals surface area contributed by atoms with Crippen molar-refractivity contribution in [3.8, 4) is 17.0 Å². The predicted molar refractivity (Wildman–Crippen MR) is 111 cm³/mol. The zero-order valence-corrected chi connectivity index (χ0v) is 16.3. The van der Waals surface area contributed by atoms with Crippen LogP contribution in [0.1, 0.15) is 12.8 Å². The van der Waals surface area contributed by atoms with Crippen LogP contribution in [0, 0.1) is 0 Å². The number of piperidine rings is 1. The molecular weight excluding hydrogens is 360 g/mol. The number of likely N-dealkylation sites (N-methyl/N-ethyl adjacent to an activating group) is 1. The smallest absolute Gasteiger partial charge is 0.156 e. The van der Waals surface area contributed by atoms with E-state index in [1.807, 2.05) is 24.3 Å². The summed E-state index contributed by atoms with van der Waals surface area (Å²) in [6, 6.07) is 14.2. The van der Waals surface area contributed by atoms with E-state index in [-0.39, 0.29) is 0 Å². The lowest BCUT2D eigenvalue weighted by Crippen LogP contribution is -2.40. The minimum atomic E-state index is 0.386. The van der Waals surface area contributed by atoms with Crippen LogP contribution in [-0.2, 0) is 0 Å². The highest BCUT2D eigenvalue weighted by Gasteiger charge is 2.20. The van der Waals surface area contributed by atoms with Crippen LogP contribution in [0.4, 0.5) is 5.82 Å². The molecule has 1 unspecified atom stereocenters. The number of hydrogen-bond donors (Lipinski definition) is 1. The fraction of sp³-hybridized carbons (Fsp3) is 0.333. The Morgan fingerprint density at radius 3 is 2.74 bits per heavy atom. The maximum Gasteiger partial charge on any atom is 0.156 e. The lowest BCUT2D eigenvalue weighted by molar-refractivity contribution is 0.261. The number of likely N-dealkylation sites (tertiary alicyclic amines) is 1. The summed E-state index contributed by atoms with van der Waals surface area (Å²) in [6.45, 7) is 2.17. The first-order valence-electron chi connectivity index (χ1n) is 9.20. The van der Waals surface area contributed by atoms with Crippen LogP contribution >= 0.6 is 11.6 Å². The van der Waals surface area contributed by atoms with Gasteiger partial charge in [0.15, 0.2) is 5.82 Å². The second-order valence-corrected chi connectivity index (χ2v) is 7.47. The fourth-order valence-corrected chi connectivity index (χ4v) is 3.91. The minimum Gasteiger partial charge on any atom is -0.496 e. The van der Waals surface area contributed by atoms with Gasteiger partial charge in [-0.25, -0.2) is 0 Å². The van der Waals surface area contributed by atoms with Crippen molar-refractivity contribution in [1.82, 2.24) is 15.1 Å². The molecule has 6 heteroatoms. The molecule has 1 fully saturated rings. The molecule has 0 saturated carbocycles. The number of nitrogens with one attached hydrogen (secondary N) is 1. The molecule has 0 aliphatic carbocycles. The van der Waals surface area contributed by atoms with Crippen LogP contribution in [0.5, 0.6) is 5.75 Å². The maximum atomic E-state index is 6.12. The molecule has 0 bridgehead atoms. The summed E-state index contributed by atoms with van der Waals surface area (Å²) in [5.41, 5.74) is 1.68. The third-order valence-corrected chi connectivity index (χ3v) is 5.31. The Balaban J connectivity index is 1.77. The second-order valence-electron chi connectivity index (χ2n) is 7.03. The highest BCUT2D eigenvalue weighted by molar-refractivity contribution is 6.30. The number of aromatic nitrogens is 2. The summed E-state index contributed by atoms with van der Waals surface area (Å²) in [6.07, 6.45) is 2.34. The molecule has 3 aromatic rings. The van der Waals surface area contributed by atoms with Crippen molar-refractivity contribution in [1.29, 1.82) is 0 Å². The summed E-state index contributed by atoms with van der Waals surface area (Å²) in [4.78, 5) is 2.35. The number of methoxy groups -OCH3 is 1.